The summed E-state index contributed by atoms with van der Waals surface area (Å²) in [5.41, 5.74) is 0. The van der Waals surface area contributed by atoms with Crippen molar-refractivity contribution in [3.63, 3.8) is 0 Å². The maximum Gasteiger partial charge on any atom is 0.327 e. The molecule has 2 N–H and O–H groups in total. The molecule has 67 valence electrons. The molecule has 0 heterocycles. The Labute approximate surface area is 70.5 Å². The van der Waals surface area contributed by atoms with Gasteiger partial charge in [-0.15, -0.1) is 0 Å². The fourth-order valence-electron chi connectivity index (χ4n) is 0.675. The third kappa shape index (κ3) is 4.49. The molecule has 0 saturated carbocycles. The summed E-state index contributed by atoms with van der Waals surface area (Å²) >= 11 is 0. The highest BCUT2D eigenvalue weighted by atomic mass is 16.4. The summed E-state index contributed by atoms with van der Waals surface area (Å²) < 4.78 is 0. The predicted octanol–water partition coefficient (Wildman–Crippen LogP) is 0.942. The van der Waals surface area contributed by atoms with Crippen LogP contribution in [0.25, 0.3) is 0 Å². The van der Waals surface area contributed by atoms with Gasteiger partial charge in [-0.2, -0.15) is 0 Å². The number of aliphatic carboxylic acids is 2. The van der Waals surface area contributed by atoms with E-state index in [1.54, 1.807) is 0 Å². The highest BCUT2D eigenvalue weighted by molar-refractivity contribution is 5.79. The number of carbonyl (C=O) groups is 2. The fraction of sp³-hybridized carbons (Fsp3) is 0.375. The molecular weight excluding hydrogens is 160 g/mol. The first-order valence-electron chi connectivity index (χ1n) is 3.49. The standard InChI is InChI=1S/C8H11O4/c1-2-6(8(11)12)4-3-5-7(9)10/h3,5-6H,1-2,4H2,(H,9,10)(H,11,12). The van der Waals surface area contributed by atoms with Crippen molar-refractivity contribution in [2.24, 2.45) is 5.92 Å². The second-order valence-corrected chi connectivity index (χ2v) is 2.30. The molecule has 1 unspecified atom stereocenters. The van der Waals surface area contributed by atoms with Gasteiger partial charge in [-0.3, -0.25) is 4.79 Å². The summed E-state index contributed by atoms with van der Waals surface area (Å²) in [6, 6.07) is 0. The highest BCUT2D eigenvalue weighted by Gasteiger charge is 2.12. The van der Waals surface area contributed by atoms with Gasteiger partial charge in [0.1, 0.15) is 0 Å². The zero-order valence-electron chi connectivity index (χ0n) is 6.56. The first-order valence-corrected chi connectivity index (χ1v) is 3.49. The van der Waals surface area contributed by atoms with Crippen LogP contribution in [0.1, 0.15) is 12.8 Å². The third-order valence-corrected chi connectivity index (χ3v) is 1.38. The lowest BCUT2D eigenvalue weighted by Gasteiger charge is -2.03. The largest absolute Gasteiger partial charge is 0.481 e. The van der Waals surface area contributed by atoms with Gasteiger partial charge < -0.3 is 10.2 Å². The van der Waals surface area contributed by atoms with E-state index in [0.717, 1.165) is 6.08 Å². The molecule has 0 saturated heterocycles. The van der Waals surface area contributed by atoms with Crippen molar-refractivity contribution in [3.05, 3.63) is 19.1 Å². The molecule has 0 spiro atoms. The molecule has 1 atom stereocenters. The number of hydrogen-bond donors (Lipinski definition) is 2. The molecule has 4 heteroatoms. The number of carboxylic acid groups (broad SMARTS) is 2. The maximum atomic E-state index is 10.4. The Bertz CT molecular complexity index is 195. The van der Waals surface area contributed by atoms with Crippen LogP contribution in [0.5, 0.6) is 0 Å². The minimum atomic E-state index is -1.07. The molecule has 0 aromatic heterocycles. The van der Waals surface area contributed by atoms with E-state index in [9.17, 15) is 9.59 Å². The third-order valence-electron chi connectivity index (χ3n) is 1.38. The van der Waals surface area contributed by atoms with Crippen LogP contribution in [0.2, 0.25) is 0 Å². The minimum Gasteiger partial charge on any atom is -0.481 e. The van der Waals surface area contributed by atoms with Crippen molar-refractivity contribution in [2.45, 2.75) is 12.8 Å². The van der Waals surface area contributed by atoms with Crippen LogP contribution < -0.4 is 0 Å². The van der Waals surface area contributed by atoms with E-state index in [1.165, 1.54) is 6.08 Å². The first kappa shape index (κ1) is 10.7. The summed E-state index contributed by atoms with van der Waals surface area (Å²) in [5, 5.41) is 16.7. The van der Waals surface area contributed by atoms with Gasteiger partial charge in [-0.05, 0) is 12.8 Å². The normalized spacial score (nSPS) is 13.1. The summed E-state index contributed by atoms with van der Waals surface area (Å²) in [5.74, 6) is -2.59. The Kier molecular flexibility index (Phi) is 4.76. The maximum absolute atomic E-state index is 10.4. The van der Waals surface area contributed by atoms with E-state index < -0.39 is 17.9 Å². The lowest BCUT2D eigenvalue weighted by molar-refractivity contribution is -0.141. The highest BCUT2D eigenvalue weighted by Crippen LogP contribution is 2.08. The molecular formula is C8H11O4. The molecule has 0 aliphatic rings. The van der Waals surface area contributed by atoms with Crippen molar-refractivity contribution in [1.82, 2.24) is 0 Å². The molecule has 0 aliphatic heterocycles. The second-order valence-electron chi connectivity index (χ2n) is 2.30. The average molecular weight is 171 g/mol. The second kappa shape index (κ2) is 5.35. The monoisotopic (exact) mass is 171 g/mol. The molecule has 0 amide bonds. The topological polar surface area (TPSA) is 74.6 Å². The molecule has 0 aliphatic carbocycles. The molecule has 0 aromatic rings. The van der Waals surface area contributed by atoms with E-state index in [1.807, 2.05) is 0 Å². The number of allylic oxidation sites excluding steroid dienone is 1. The van der Waals surface area contributed by atoms with Crippen molar-refractivity contribution < 1.29 is 19.8 Å². The zero-order valence-corrected chi connectivity index (χ0v) is 6.56. The molecule has 0 aromatic carbocycles. The summed E-state index contributed by atoms with van der Waals surface area (Å²) in [4.78, 5) is 20.4. The Morgan fingerprint density at radius 1 is 1.42 bits per heavy atom. The Balaban J connectivity index is 3.88. The van der Waals surface area contributed by atoms with Gasteiger partial charge in [-0.25, -0.2) is 4.79 Å². The van der Waals surface area contributed by atoms with Crippen LogP contribution in [0.15, 0.2) is 12.2 Å². The van der Waals surface area contributed by atoms with Crippen LogP contribution in [0.3, 0.4) is 0 Å². The molecule has 0 bridgehead atoms. The van der Waals surface area contributed by atoms with E-state index >= 15 is 0 Å². The van der Waals surface area contributed by atoms with E-state index in [4.69, 9.17) is 10.2 Å². The predicted molar refractivity (Wildman–Crippen MR) is 42.5 cm³/mol. The van der Waals surface area contributed by atoms with Gasteiger partial charge in [0.25, 0.3) is 0 Å². The smallest absolute Gasteiger partial charge is 0.327 e. The quantitative estimate of drug-likeness (QED) is 0.604. The van der Waals surface area contributed by atoms with Crippen molar-refractivity contribution >= 4 is 11.9 Å². The SMILES string of the molecule is [CH2]CC(CC=CC(=O)O)C(=O)O. The lowest BCUT2D eigenvalue weighted by atomic mass is 10.0. The molecule has 4 nitrogen and oxygen atoms in total. The molecule has 0 rings (SSSR count). The fourth-order valence-corrected chi connectivity index (χ4v) is 0.675. The van der Waals surface area contributed by atoms with Crippen molar-refractivity contribution in [2.75, 3.05) is 0 Å². The van der Waals surface area contributed by atoms with E-state index in [-0.39, 0.29) is 12.8 Å². The Hall–Kier alpha value is -1.32. The van der Waals surface area contributed by atoms with E-state index in [0.29, 0.717) is 0 Å². The Morgan fingerprint density at radius 3 is 2.33 bits per heavy atom. The van der Waals surface area contributed by atoms with Gasteiger partial charge in [0.05, 0.1) is 5.92 Å². The van der Waals surface area contributed by atoms with Crippen molar-refractivity contribution in [1.29, 1.82) is 0 Å². The Morgan fingerprint density at radius 2 is 2.00 bits per heavy atom. The summed E-state index contributed by atoms with van der Waals surface area (Å²) in [7, 11) is 0. The van der Waals surface area contributed by atoms with Crippen LogP contribution >= 0.6 is 0 Å². The zero-order chi connectivity index (χ0) is 9.56. The van der Waals surface area contributed by atoms with Crippen LogP contribution in [0.4, 0.5) is 0 Å². The minimum absolute atomic E-state index is 0.213. The van der Waals surface area contributed by atoms with Gasteiger partial charge in [0, 0.05) is 6.08 Å². The van der Waals surface area contributed by atoms with E-state index in [2.05, 4.69) is 6.92 Å². The van der Waals surface area contributed by atoms with Gasteiger partial charge >= 0.3 is 11.9 Å². The van der Waals surface area contributed by atoms with Crippen LogP contribution in [0, 0.1) is 12.8 Å². The molecule has 1 radical (unpaired) electrons. The summed E-state index contributed by atoms with van der Waals surface area (Å²) in [6.07, 6.45) is 2.74. The van der Waals surface area contributed by atoms with Gasteiger partial charge in [0.15, 0.2) is 0 Å². The van der Waals surface area contributed by atoms with Crippen LogP contribution in [-0.4, -0.2) is 22.2 Å². The molecule has 0 fully saturated rings. The van der Waals surface area contributed by atoms with Gasteiger partial charge in [-0.1, -0.05) is 13.0 Å². The number of carboxylic acids is 2. The van der Waals surface area contributed by atoms with Crippen molar-refractivity contribution in [3.8, 4) is 0 Å². The lowest BCUT2D eigenvalue weighted by Crippen LogP contribution is -2.11. The molecule has 12 heavy (non-hydrogen) atoms. The van der Waals surface area contributed by atoms with Gasteiger partial charge in [0.2, 0.25) is 0 Å². The number of rotatable bonds is 5. The number of hydrogen-bond acceptors (Lipinski definition) is 2. The summed E-state index contributed by atoms with van der Waals surface area (Å²) in [6.45, 7) is 3.44. The van der Waals surface area contributed by atoms with Crippen LogP contribution in [-0.2, 0) is 9.59 Å². The average Bonchev–Trinajstić information content (AvgIpc) is 1.96. The first-order chi connectivity index (χ1) is 5.57.